The molecule has 0 bridgehead atoms. The summed E-state index contributed by atoms with van der Waals surface area (Å²) in [4.78, 5) is 13.9. The largest absolute Gasteiger partial charge is 0.497 e. The lowest BCUT2D eigenvalue weighted by Crippen LogP contribution is -2.42. The number of ether oxygens (including phenoxy) is 1. The highest BCUT2D eigenvalue weighted by molar-refractivity contribution is 9.10. The normalized spacial score (nSPS) is 16.9. The molecule has 1 heterocycles. The number of carbonyl (C=O) groups excluding carboxylic acids is 1. The average molecular weight is 366 g/mol. The quantitative estimate of drug-likeness (QED) is 0.795. The van der Waals surface area contributed by atoms with E-state index >= 15 is 0 Å². The fourth-order valence-corrected chi connectivity index (χ4v) is 2.79. The lowest BCUT2D eigenvalue weighted by Gasteiger charge is -2.33. The summed E-state index contributed by atoms with van der Waals surface area (Å²) in [7, 11) is 1.49. The minimum absolute atomic E-state index is 0.0448. The Hall–Kier alpha value is -1.24. The monoisotopic (exact) mass is 365 g/mol. The second kappa shape index (κ2) is 6.25. The van der Waals surface area contributed by atoms with Gasteiger partial charge in [0.25, 0.3) is 5.91 Å². The number of hydrogen-bond donors (Lipinski definition) is 0. The number of alkyl halides is 3. The van der Waals surface area contributed by atoms with Crippen molar-refractivity contribution in [1.29, 1.82) is 0 Å². The van der Waals surface area contributed by atoms with Crippen molar-refractivity contribution < 1.29 is 22.7 Å². The summed E-state index contributed by atoms with van der Waals surface area (Å²) in [5.41, 5.74) is 0.403. The molecule has 0 aromatic heterocycles. The molecule has 1 aliphatic heterocycles. The Morgan fingerprint density at radius 2 is 1.95 bits per heavy atom. The molecule has 2 rings (SSSR count). The Labute approximate surface area is 129 Å². The van der Waals surface area contributed by atoms with Gasteiger partial charge in [0, 0.05) is 17.6 Å². The first-order valence-electron chi connectivity index (χ1n) is 6.52. The van der Waals surface area contributed by atoms with Gasteiger partial charge in [0.1, 0.15) is 5.75 Å². The number of piperidine rings is 1. The lowest BCUT2D eigenvalue weighted by molar-refractivity contribution is -0.183. The summed E-state index contributed by atoms with van der Waals surface area (Å²) < 4.78 is 43.6. The van der Waals surface area contributed by atoms with Gasteiger partial charge in [-0.05, 0) is 47.0 Å². The van der Waals surface area contributed by atoms with Crippen LogP contribution in [0.25, 0.3) is 0 Å². The number of carbonyl (C=O) groups is 1. The summed E-state index contributed by atoms with van der Waals surface area (Å²) in [5, 5.41) is 0. The zero-order valence-electron chi connectivity index (χ0n) is 11.4. The molecule has 0 spiro atoms. The van der Waals surface area contributed by atoms with Crippen LogP contribution in [0.1, 0.15) is 23.2 Å². The van der Waals surface area contributed by atoms with Gasteiger partial charge in [-0.1, -0.05) is 0 Å². The van der Waals surface area contributed by atoms with E-state index in [1.807, 2.05) is 0 Å². The smallest absolute Gasteiger partial charge is 0.391 e. The molecule has 1 amide bonds. The molecule has 0 aliphatic carbocycles. The third kappa shape index (κ3) is 3.70. The highest BCUT2D eigenvalue weighted by Gasteiger charge is 2.41. The van der Waals surface area contributed by atoms with Gasteiger partial charge in [-0.2, -0.15) is 13.2 Å². The first-order valence-corrected chi connectivity index (χ1v) is 7.31. The molecule has 116 valence electrons. The zero-order chi connectivity index (χ0) is 15.6. The maximum atomic E-state index is 12.6. The van der Waals surface area contributed by atoms with Gasteiger partial charge in [0.05, 0.1) is 18.6 Å². The maximum Gasteiger partial charge on any atom is 0.391 e. The van der Waals surface area contributed by atoms with Crippen molar-refractivity contribution >= 4 is 21.8 Å². The molecular formula is C14H15BrF3NO2. The summed E-state index contributed by atoms with van der Waals surface area (Å²) in [5.74, 6) is -1.05. The summed E-state index contributed by atoms with van der Waals surface area (Å²) in [6.45, 7) is 0.235. The van der Waals surface area contributed by atoms with Crippen LogP contribution in [0.4, 0.5) is 13.2 Å². The minimum atomic E-state index is -4.17. The average Bonchev–Trinajstić information content (AvgIpc) is 2.46. The van der Waals surface area contributed by atoms with E-state index in [-0.39, 0.29) is 31.8 Å². The highest BCUT2D eigenvalue weighted by Crippen LogP contribution is 2.35. The molecule has 0 atom stereocenters. The number of likely N-dealkylation sites (tertiary alicyclic amines) is 1. The molecule has 0 unspecified atom stereocenters. The summed E-state index contributed by atoms with van der Waals surface area (Å²) >= 11 is 3.29. The van der Waals surface area contributed by atoms with Crippen molar-refractivity contribution in [3.63, 3.8) is 0 Å². The molecule has 0 saturated carbocycles. The van der Waals surface area contributed by atoms with Gasteiger partial charge in [-0.3, -0.25) is 4.79 Å². The third-order valence-electron chi connectivity index (χ3n) is 3.65. The van der Waals surface area contributed by atoms with Gasteiger partial charge in [-0.15, -0.1) is 0 Å². The first-order chi connectivity index (χ1) is 9.82. The van der Waals surface area contributed by atoms with Crippen LogP contribution < -0.4 is 4.74 Å². The minimum Gasteiger partial charge on any atom is -0.497 e. The standard InChI is InChI=1S/C14H15BrF3NO2/c1-21-10-2-3-12(15)11(8-10)13(20)19-6-4-9(5-7-19)14(16,17)18/h2-3,8-9H,4-7H2,1H3. The zero-order valence-corrected chi connectivity index (χ0v) is 13.0. The number of benzene rings is 1. The van der Waals surface area contributed by atoms with Crippen molar-refractivity contribution in [2.45, 2.75) is 19.0 Å². The molecule has 1 aromatic carbocycles. The highest BCUT2D eigenvalue weighted by atomic mass is 79.9. The van der Waals surface area contributed by atoms with Crippen LogP contribution in [0, 0.1) is 5.92 Å². The molecule has 1 aliphatic rings. The number of hydrogen-bond acceptors (Lipinski definition) is 2. The molecule has 3 nitrogen and oxygen atoms in total. The predicted octanol–water partition coefficient (Wildman–Crippen LogP) is 3.87. The number of methoxy groups -OCH3 is 1. The second-order valence-electron chi connectivity index (χ2n) is 4.95. The van der Waals surface area contributed by atoms with E-state index in [1.54, 1.807) is 18.2 Å². The van der Waals surface area contributed by atoms with E-state index in [0.717, 1.165) is 0 Å². The van der Waals surface area contributed by atoms with Crippen LogP contribution in [-0.2, 0) is 0 Å². The van der Waals surface area contributed by atoms with E-state index in [0.29, 0.717) is 15.8 Å². The fourth-order valence-electron chi connectivity index (χ4n) is 2.38. The van der Waals surface area contributed by atoms with E-state index in [4.69, 9.17) is 4.74 Å². The predicted molar refractivity (Wildman–Crippen MR) is 75.4 cm³/mol. The van der Waals surface area contributed by atoms with Crippen LogP contribution in [0.3, 0.4) is 0 Å². The molecule has 0 N–H and O–H groups in total. The van der Waals surface area contributed by atoms with E-state index in [2.05, 4.69) is 15.9 Å². The Kier molecular flexibility index (Phi) is 4.81. The third-order valence-corrected chi connectivity index (χ3v) is 4.34. The summed E-state index contributed by atoms with van der Waals surface area (Å²) in [6, 6.07) is 4.98. The van der Waals surface area contributed by atoms with Crippen LogP contribution >= 0.6 is 15.9 Å². The van der Waals surface area contributed by atoms with E-state index < -0.39 is 12.1 Å². The van der Waals surface area contributed by atoms with Crippen molar-refractivity contribution in [2.75, 3.05) is 20.2 Å². The Bertz CT molecular complexity index is 525. The van der Waals surface area contributed by atoms with Crippen molar-refractivity contribution in [3.05, 3.63) is 28.2 Å². The molecule has 21 heavy (non-hydrogen) atoms. The van der Waals surface area contributed by atoms with E-state index in [9.17, 15) is 18.0 Å². The van der Waals surface area contributed by atoms with Gasteiger partial charge in [0.15, 0.2) is 0 Å². The lowest BCUT2D eigenvalue weighted by atomic mass is 9.96. The first kappa shape index (κ1) is 16.1. The molecule has 1 saturated heterocycles. The Balaban J connectivity index is 2.09. The Morgan fingerprint density at radius 1 is 1.33 bits per heavy atom. The SMILES string of the molecule is COc1ccc(Br)c(C(=O)N2CCC(C(F)(F)F)CC2)c1. The number of nitrogens with zero attached hydrogens (tertiary/aromatic N) is 1. The van der Waals surface area contributed by atoms with Crippen molar-refractivity contribution in [2.24, 2.45) is 5.92 Å². The van der Waals surface area contributed by atoms with Crippen molar-refractivity contribution in [3.8, 4) is 5.75 Å². The van der Waals surface area contributed by atoms with Crippen LogP contribution in [0.5, 0.6) is 5.75 Å². The summed E-state index contributed by atoms with van der Waals surface area (Å²) in [6.07, 6.45) is -4.26. The van der Waals surface area contributed by atoms with Gasteiger partial charge in [0.2, 0.25) is 0 Å². The molecular weight excluding hydrogens is 351 g/mol. The topological polar surface area (TPSA) is 29.5 Å². The van der Waals surface area contributed by atoms with Crippen LogP contribution in [0.15, 0.2) is 22.7 Å². The van der Waals surface area contributed by atoms with Crippen molar-refractivity contribution in [1.82, 2.24) is 4.90 Å². The van der Waals surface area contributed by atoms with Crippen LogP contribution in [0.2, 0.25) is 0 Å². The molecule has 7 heteroatoms. The van der Waals surface area contributed by atoms with Gasteiger partial charge < -0.3 is 9.64 Å². The number of rotatable bonds is 2. The molecule has 0 radical (unpaired) electrons. The molecule has 1 aromatic rings. The fraction of sp³-hybridized carbons (Fsp3) is 0.500. The second-order valence-corrected chi connectivity index (χ2v) is 5.81. The Morgan fingerprint density at radius 3 is 2.48 bits per heavy atom. The number of amides is 1. The van der Waals surface area contributed by atoms with Gasteiger partial charge in [-0.25, -0.2) is 0 Å². The van der Waals surface area contributed by atoms with Gasteiger partial charge >= 0.3 is 6.18 Å². The number of halogens is 4. The van der Waals surface area contributed by atoms with E-state index in [1.165, 1.54) is 12.0 Å². The molecule has 1 fully saturated rings. The van der Waals surface area contributed by atoms with Crippen LogP contribution in [-0.4, -0.2) is 37.2 Å². The maximum absolute atomic E-state index is 12.6.